The number of nitrogens with one attached hydrogen (secondary N) is 2. The van der Waals surface area contributed by atoms with Crippen LogP contribution in [0.4, 0.5) is 0 Å². The molecule has 3 N–H and O–H groups in total. The van der Waals surface area contributed by atoms with Gasteiger partial charge in [-0.3, -0.25) is 9.59 Å². The molecule has 3 rings (SSSR count). The highest BCUT2D eigenvalue weighted by Gasteiger charge is 2.38. The van der Waals surface area contributed by atoms with Crippen LogP contribution < -0.4 is 10.6 Å². The van der Waals surface area contributed by atoms with Gasteiger partial charge in [-0.2, -0.15) is 0 Å². The number of benzene rings is 2. The van der Waals surface area contributed by atoms with Gasteiger partial charge in [0.2, 0.25) is 11.8 Å². The molecular weight excluding hydrogens is 340 g/mol. The summed E-state index contributed by atoms with van der Waals surface area (Å²) in [6, 6.07) is 14.6. The SMILES string of the molecule is CC(C)(CO)NC(=O)CC[C@]1(Cc2ccc3ccccc3c2)CCC(=O)N1. The molecule has 1 fully saturated rings. The highest BCUT2D eigenvalue weighted by atomic mass is 16.3. The molecule has 0 radical (unpaired) electrons. The molecule has 1 saturated heterocycles. The summed E-state index contributed by atoms with van der Waals surface area (Å²) in [4.78, 5) is 24.2. The number of aliphatic hydroxyl groups excluding tert-OH is 1. The largest absolute Gasteiger partial charge is 0.394 e. The molecule has 5 heteroatoms. The van der Waals surface area contributed by atoms with Crippen molar-refractivity contribution in [2.75, 3.05) is 6.61 Å². The molecule has 0 saturated carbocycles. The number of carbonyl (C=O) groups is 2. The zero-order valence-electron chi connectivity index (χ0n) is 16.0. The smallest absolute Gasteiger partial charge is 0.220 e. The molecule has 2 aromatic rings. The van der Waals surface area contributed by atoms with Crippen molar-refractivity contribution >= 4 is 22.6 Å². The van der Waals surface area contributed by atoms with Crippen LogP contribution in [0.5, 0.6) is 0 Å². The Labute approximate surface area is 160 Å². The molecule has 0 unspecified atom stereocenters. The first-order valence-corrected chi connectivity index (χ1v) is 9.51. The molecule has 0 aliphatic carbocycles. The van der Waals surface area contributed by atoms with Crippen LogP contribution in [-0.4, -0.2) is 34.6 Å². The average molecular weight is 368 g/mol. The van der Waals surface area contributed by atoms with E-state index in [1.165, 1.54) is 10.8 Å². The maximum absolute atomic E-state index is 12.3. The molecule has 1 aliphatic heterocycles. The number of hydrogen-bond acceptors (Lipinski definition) is 3. The molecule has 27 heavy (non-hydrogen) atoms. The van der Waals surface area contributed by atoms with E-state index in [0.29, 0.717) is 25.7 Å². The maximum Gasteiger partial charge on any atom is 0.220 e. The van der Waals surface area contributed by atoms with Gasteiger partial charge in [-0.1, -0.05) is 42.5 Å². The van der Waals surface area contributed by atoms with E-state index in [1.807, 2.05) is 12.1 Å². The zero-order valence-corrected chi connectivity index (χ0v) is 16.0. The summed E-state index contributed by atoms with van der Waals surface area (Å²) in [5.41, 5.74) is 0.133. The number of carbonyl (C=O) groups excluding carboxylic acids is 2. The van der Waals surface area contributed by atoms with Gasteiger partial charge in [-0.05, 0) is 49.4 Å². The fourth-order valence-corrected chi connectivity index (χ4v) is 3.75. The van der Waals surface area contributed by atoms with E-state index in [2.05, 4.69) is 41.0 Å². The summed E-state index contributed by atoms with van der Waals surface area (Å²) in [7, 11) is 0. The molecule has 5 nitrogen and oxygen atoms in total. The van der Waals surface area contributed by atoms with E-state index in [0.717, 1.165) is 12.0 Å². The second kappa shape index (κ2) is 7.69. The fourth-order valence-electron chi connectivity index (χ4n) is 3.75. The number of fused-ring (bicyclic) bond motifs is 1. The van der Waals surface area contributed by atoms with Crippen LogP contribution >= 0.6 is 0 Å². The highest BCUT2D eigenvalue weighted by Crippen LogP contribution is 2.30. The number of hydrogen-bond donors (Lipinski definition) is 3. The van der Waals surface area contributed by atoms with E-state index in [1.54, 1.807) is 13.8 Å². The van der Waals surface area contributed by atoms with Gasteiger partial charge < -0.3 is 15.7 Å². The molecule has 144 valence electrons. The van der Waals surface area contributed by atoms with Crippen molar-refractivity contribution in [3.63, 3.8) is 0 Å². The fraction of sp³-hybridized carbons (Fsp3) is 0.455. The lowest BCUT2D eigenvalue weighted by atomic mass is 9.84. The molecule has 0 spiro atoms. The Balaban J connectivity index is 1.72. The van der Waals surface area contributed by atoms with Crippen LogP contribution in [0.3, 0.4) is 0 Å². The van der Waals surface area contributed by atoms with Gasteiger partial charge in [-0.25, -0.2) is 0 Å². The Hall–Kier alpha value is -2.40. The van der Waals surface area contributed by atoms with Gasteiger partial charge >= 0.3 is 0 Å². The van der Waals surface area contributed by atoms with Crippen molar-refractivity contribution in [1.29, 1.82) is 0 Å². The Morgan fingerprint density at radius 2 is 1.96 bits per heavy atom. The van der Waals surface area contributed by atoms with E-state index in [9.17, 15) is 14.7 Å². The zero-order chi connectivity index (χ0) is 19.5. The van der Waals surface area contributed by atoms with E-state index in [-0.39, 0.29) is 24.0 Å². The van der Waals surface area contributed by atoms with Crippen LogP contribution in [0.2, 0.25) is 0 Å². The van der Waals surface area contributed by atoms with Gasteiger partial charge in [0.05, 0.1) is 12.1 Å². The van der Waals surface area contributed by atoms with Crippen molar-refractivity contribution in [2.24, 2.45) is 0 Å². The van der Waals surface area contributed by atoms with Crippen molar-refractivity contribution < 1.29 is 14.7 Å². The van der Waals surface area contributed by atoms with Gasteiger partial charge in [0.15, 0.2) is 0 Å². The molecule has 2 aromatic carbocycles. The monoisotopic (exact) mass is 368 g/mol. The second-order valence-corrected chi connectivity index (χ2v) is 8.28. The number of rotatable bonds is 7. The van der Waals surface area contributed by atoms with Crippen LogP contribution in [0.25, 0.3) is 10.8 Å². The summed E-state index contributed by atoms with van der Waals surface area (Å²) in [6.07, 6.45) is 2.84. The molecule has 2 amide bonds. The summed E-state index contributed by atoms with van der Waals surface area (Å²) >= 11 is 0. The van der Waals surface area contributed by atoms with Crippen molar-refractivity contribution in [1.82, 2.24) is 10.6 Å². The van der Waals surface area contributed by atoms with Crippen molar-refractivity contribution in [3.8, 4) is 0 Å². The Morgan fingerprint density at radius 3 is 2.63 bits per heavy atom. The Bertz CT molecular complexity index is 846. The van der Waals surface area contributed by atoms with Crippen LogP contribution in [0.15, 0.2) is 42.5 Å². The van der Waals surface area contributed by atoms with Gasteiger partial charge in [0.1, 0.15) is 0 Å². The first-order valence-electron chi connectivity index (χ1n) is 9.51. The van der Waals surface area contributed by atoms with Crippen LogP contribution in [0, 0.1) is 0 Å². The first-order chi connectivity index (χ1) is 12.8. The van der Waals surface area contributed by atoms with E-state index >= 15 is 0 Å². The Morgan fingerprint density at radius 1 is 1.22 bits per heavy atom. The minimum Gasteiger partial charge on any atom is -0.394 e. The summed E-state index contributed by atoms with van der Waals surface area (Å²) in [6.45, 7) is 3.46. The summed E-state index contributed by atoms with van der Waals surface area (Å²) < 4.78 is 0. The quantitative estimate of drug-likeness (QED) is 0.703. The summed E-state index contributed by atoms with van der Waals surface area (Å²) in [5, 5.41) is 17.7. The highest BCUT2D eigenvalue weighted by molar-refractivity contribution is 5.83. The molecule has 1 heterocycles. The normalized spacial score (nSPS) is 19.9. The predicted molar refractivity (Wildman–Crippen MR) is 106 cm³/mol. The lowest BCUT2D eigenvalue weighted by Crippen LogP contribution is -2.48. The molecule has 0 aromatic heterocycles. The lowest BCUT2D eigenvalue weighted by molar-refractivity contribution is -0.124. The molecule has 1 aliphatic rings. The van der Waals surface area contributed by atoms with E-state index < -0.39 is 5.54 Å². The lowest BCUT2D eigenvalue weighted by Gasteiger charge is -2.30. The topological polar surface area (TPSA) is 78.4 Å². The van der Waals surface area contributed by atoms with Gasteiger partial charge in [0.25, 0.3) is 0 Å². The third-order valence-electron chi connectivity index (χ3n) is 5.30. The van der Waals surface area contributed by atoms with Gasteiger partial charge in [0, 0.05) is 18.4 Å². The van der Waals surface area contributed by atoms with Crippen molar-refractivity contribution in [3.05, 3.63) is 48.0 Å². The average Bonchev–Trinajstić information content (AvgIpc) is 3.00. The number of amides is 2. The third-order valence-corrected chi connectivity index (χ3v) is 5.30. The minimum atomic E-state index is -0.637. The standard InChI is InChI=1S/C22H28N2O3/c1-21(2,15-25)23-19(26)9-11-22(12-10-20(27)24-22)14-16-7-8-17-5-3-4-6-18(17)13-16/h3-8,13,25H,9-12,14-15H2,1-2H3,(H,23,26)(H,24,27)/t22-/m1/s1. The van der Waals surface area contributed by atoms with E-state index in [4.69, 9.17) is 0 Å². The molecular formula is C22H28N2O3. The van der Waals surface area contributed by atoms with Crippen molar-refractivity contribution in [2.45, 2.75) is 57.0 Å². The minimum absolute atomic E-state index is 0.0480. The number of aliphatic hydroxyl groups is 1. The van der Waals surface area contributed by atoms with Gasteiger partial charge in [-0.15, -0.1) is 0 Å². The third kappa shape index (κ3) is 4.86. The molecule has 0 bridgehead atoms. The second-order valence-electron chi connectivity index (χ2n) is 8.28. The maximum atomic E-state index is 12.3. The summed E-state index contributed by atoms with van der Waals surface area (Å²) in [5.74, 6) is -0.0556. The first kappa shape index (κ1) is 19.4. The Kier molecular flexibility index (Phi) is 5.51. The predicted octanol–water partition coefficient (Wildman–Crippen LogP) is 2.70. The molecule has 1 atom stereocenters. The van der Waals surface area contributed by atoms with Crippen LogP contribution in [0.1, 0.15) is 45.1 Å². The van der Waals surface area contributed by atoms with Crippen LogP contribution in [-0.2, 0) is 16.0 Å².